The molecule has 2 aromatic rings. The van der Waals surface area contributed by atoms with Gasteiger partial charge in [-0.05, 0) is 39.2 Å². The summed E-state index contributed by atoms with van der Waals surface area (Å²) >= 11 is 9.71. The molecule has 0 nitrogen and oxygen atoms in total. The van der Waals surface area contributed by atoms with Gasteiger partial charge >= 0.3 is 0 Å². The van der Waals surface area contributed by atoms with Crippen LogP contribution in [0.4, 0.5) is 0 Å². The molecule has 0 spiro atoms. The first-order chi connectivity index (χ1) is 7.20. The van der Waals surface area contributed by atoms with Crippen LogP contribution in [0.3, 0.4) is 0 Å². The molecule has 0 aliphatic rings. The highest BCUT2D eigenvalue weighted by Crippen LogP contribution is 2.26. The summed E-state index contributed by atoms with van der Waals surface area (Å²) in [5, 5.41) is 2.58. The van der Waals surface area contributed by atoms with Gasteiger partial charge in [0.05, 0.1) is 4.24 Å². The molecule has 0 unspecified atom stereocenters. The Morgan fingerprint density at radius 1 is 1.00 bits per heavy atom. The van der Waals surface area contributed by atoms with Gasteiger partial charge in [-0.1, -0.05) is 68.3 Å². The Labute approximate surface area is 115 Å². The predicted molar refractivity (Wildman–Crippen MR) is 79.1 cm³/mol. The Hall–Kier alpha value is 0.140. The summed E-state index contributed by atoms with van der Waals surface area (Å²) in [5.41, 5.74) is 1.29. The molecule has 0 N–H and O–H groups in total. The van der Waals surface area contributed by atoms with Crippen LogP contribution in [0.15, 0.2) is 40.9 Å². The number of benzene rings is 2. The van der Waals surface area contributed by atoms with E-state index in [4.69, 9.17) is 0 Å². The van der Waals surface area contributed by atoms with Gasteiger partial charge in [0.15, 0.2) is 0 Å². The average Bonchev–Trinajstić information content (AvgIpc) is 2.25. The summed E-state index contributed by atoms with van der Waals surface area (Å²) in [6.45, 7) is 2.11. The smallest absolute Gasteiger partial charge is 0.0588 e. The fourth-order valence-electron chi connectivity index (χ4n) is 1.34. The quantitative estimate of drug-likeness (QED) is 0.507. The first-order valence-electron chi connectivity index (χ1n) is 4.46. The van der Waals surface area contributed by atoms with Crippen molar-refractivity contribution >= 4 is 58.6 Å². The molecule has 0 radical (unpaired) electrons. The number of halogens is 3. The summed E-state index contributed by atoms with van der Waals surface area (Å²) in [5.74, 6) is 0. The van der Waals surface area contributed by atoms with Gasteiger partial charge in [0, 0.05) is 4.47 Å². The van der Waals surface area contributed by atoms with Crippen LogP contribution in [0.2, 0.25) is 0 Å². The Morgan fingerprint density at radius 2 is 1.60 bits per heavy atom. The number of rotatable bonds is 0. The van der Waals surface area contributed by atoms with Crippen molar-refractivity contribution in [2.24, 2.45) is 0 Å². The average molecular weight is 395 g/mol. The first kappa shape index (κ1) is 13.2. The standard InChI is InChI=1S/C11H9Br.CH2Br2/c1-8-6-7-9-4-2-3-5-10(9)11(8)12;2-1-3/h2-7H,1H3;1H2. The van der Waals surface area contributed by atoms with Crippen molar-refractivity contribution in [3.05, 3.63) is 46.4 Å². The summed E-state index contributed by atoms with van der Waals surface area (Å²) in [6.07, 6.45) is 0. The second-order valence-corrected chi connectivity index (χ2v) is 6.44. The van der Waals surface area contributed by atoms with Gasteiger partial charge in [-0.2, -0.15) is 0 Å². The van der Waals surface area contributed by atoms with E-state index in [1.54, 1.807) is 0 Å². The van der Waals surface area contributed by atoms with Crippen LogP contribution in [-0.2, 0) is 0 Å². The summed E-state index contributed by atoms with van der Waals surface area (Å²) in [7, 11) is 0. The van der Waals surface area contributed by atoms with E-state index in [0.29, 0.717) is 0 Å². The number of alkyl halides is 2. The lowest BCUT2D eigenvalue weighted by Gasteiger charge is -2.02. The molecule has 0 aliphatic carbocycles. The van der Waals surface area contributed by atoms with E-state index < -0.39 is 0 Å². The second kappa shape index (κ2) is 6.66. The maximum absolute atomic E-state index is 3.58. The molecule has 2 aromatic carbocycles. The monoisotopic (exact) mass is 392 g/mol. The normalized spacial score (nSPS) is 9.60. The largest absolute Gasteiger partial charge is 0.0802 e. The van der Waals surface area contributed by atoms with Crippen molar-refractivity contribution in [2.45, 2.75) is 6.92 Å². The summed E-state index contributed by atoms with van der Waals surface area (Å²) in [6, 6.07) is 12.7. The molecule has 0 heterocycles. The molecule has 80 valence electrons. The number of fused-ring (bicyclic) bond motifs is 1. The van der Waals surface area contributed by atoms with Gasteiger partial charge < -0.3 is 0 Å². The molecular formula is C12H11Br3. The zero-order chi connectivity index (χ0) is 11.3. The molecule has 3 heteroatoms. The fourth-order valence-corrected chi connectivity index (χ4v) is 1.84. The second-order valence-electron chi connectivity index (χ2n) is 3.02. The minimum atomic E-state index is 0.875. The van der Waals surface area contributed by atoms with Crippen molar-refractivity contribution in [1.29, 1.82) is 0 Å². The zero-order valence-corrected chi connectivity index (χ0v) is 13.1. The van der Waals surface area contributed by atoms with E-state index in [9.17, 15) is 0 Å². The van der Waals surface area contributed by atoms with E-state index in [-0.39, 0.29) is 0 Å². The van der Waals surface area contributed by atoms with Gasteiger partial charge in [-0.3, -0.25) is 0 Å². The lowest BCUT2D eigenvalue weighted by atomic mass is 10.1. The lowest BCUT2D eigenvalue weighted by Crippen LogP contribution is -1.78. The molecule has 0 aliphatic heterocycles. The van der Waals surface area contributed by atoms with E-state index >= 15 is 0 Å². The molecule has 0 atom stereocenters. The van der Waals surface area contributed by atoms with E-state index in [2.05, 4.69) is 91.1 Å². The van der Waals surface area contributed by atoms with Crippen LogP contribution >= 0.6 is 47.8 Å². The Balaban J connectivity index is 0.000000337. The minimum Gasteiger partial charge on any atom is -0.0802 e. The third-order valence-corrected chi connectivity index (χ3v) is 3.11. The first-order valence-corrected chi connectivity index (χ1v) is 7.50. The Bertz CT molecular complexity index is 438. The third-order valence-electron chi connectivity index (χ3n) is 2.06. The van der Waals surface area contributed by atoms with Crippen molar-refractivity contribution in [2.75, 3.05) is 4.24 Å². The topological polar surface area (TPSA) is 0 Å². The molecule has 0 aromatic heterocycles. The zero-order valence-electron chi connectivity index (χ0n) is 8.31. The summed E-state index contributed by atoms with van der Waals surface area (Å²) in [4.78, 5) is 0. The molecular weight excluding hydrogens is 384 g/mol. The third kappa shape index (κ3) is 3.58. The van der Waals surface area contributed by atoms with Crippen LogP contribution in [0.25, 0.3) is 10.8 Å². The molecule has 15 heavy (non-hydrogen) atoms. The molecule has 0 amide bonds. The molecule has 0 fully saturated rings. The number of aryl methyl sites for hydroxylation is 1. The van der Waals surface area contributed by atoms with Gasteiger partial charge in [-0.25, -0.2) is 0 Å². The SMILES string of the molecule is BrCBr.Cc1ccc2ccccc2c1Br. The number of hydrogen-bond acceptors (Lipinski definition) is 0. The van der Waals surface area contributed by atoms with E-state index in [0.717, 1.165) is 4.24 Å². The van der Waals surface area contributed by atoms with Gasteiger partial charge in [0.1, 0.15) is 0 Å². The maximum atomic E-state index is 3.58. The van der Waals surface area contributed by atoms with Crippen LogP contribution in [0.1, 0.15) is 5.56 Å². The van der Waals surface area contributed by atoms with Crippen molar-refractivity contribution < 1.29 is 0 Å². The highest BCUT2D eigenvalue weighted by Gasteiger charge is 1.98. The van der Waals surface area contributed by atoms with Gasteiger partial charge in [0.25, 0.3) is 0 Å². The lowest BCUT2D eigenvalue weighted by molar-refractivity contribution is 1.47. The van der Waals surface area contributed by atoms with Crippen LogP contribution in [0, 0.1) is 6.92 Å². The Morgan fingerprint density at radius 3 is 2.27 bits per heavy atom. The van der Waals surface area contributed by atoms with Gasteiger partial charge in [0.2, 0.25) is 0 Å². The van der Waals surface area contributed by atoms with E-state index in [1.807, 2.05) is 0 Å². The summed E-state index contributed by atoms with van der Waals surface area (Å²) < 4.78 is 2.08. The van der Waals surface area contributed by atoms with Crippen molar-refractivity contribution in [1.82, 2.24) is 0 Å². The molecule has 0 saturated heterocycles. The highest BCUT2D eigenvalue weighted by molar-refractivity contribution is 9.24. The Kier molecular flexibility index (Phi) is 5.87. The van der Waals surface area contributed by atoms with Gasteiger partial charge in [-0.15, -0.1) is 0 Å². The number of hydrogen-bond donors (Lipinski definition) is 0. The predicted octanol–water partition coefficient (Wildman–Crippen LogP) is 5.64. The fraction of sp³-hybridized carbons (Fsp3) is 0.167. The highest BCUT2D eigenvalue weighted by atomic mass is 79.9. The molecule has 0 saturated carbocycles. The molecule has 2 rings (SSSR count). The maximum Gasteiger partial charge on any atom is 0.0588 e. The van der Waals surface area contributed by atoms with Crippen LogP contribution < -0.4 is 0 Å². The van der Waals surface area contributed by atoms with Crippen LogP contribution in [0.5, 0.6) is 0 Å². The minimum absolute atomic E-state index is 0.875. The van der Waals surface area contributed by atoms with Crippen LogP contribution in [-0.4, -0.2) is 4.24 Å². The molecule has 0 bridgehead atoms. The van der Waals surface area contributed by atoms with Crippen molar-refractivity contribution in [3.63, 3.8) is 0 Å². The van der Waals surface area contributed by atoms with E-state index in [1.165, 1.54) is 20.8 Å². The van der Waals surface area contributed by atoms with Crippen molar-refractivity contribution in [3.8, 4) is 0 Å².